The first kappa shape index (κ1) is 15.0. The monoisotopic (exact) mass is 316 g/mol. The van der Waals surface area contributed by atoms with Gasteiger partial charge in [-0.05, 0) is 24.1 Å². The topological polar surface area (TPSA) is 96.2 Å². The van der Waals surface area contributed by atoms with Crippen LogP contribution in [0.3, 0.4) is 0 Å². The van der Waals surface area contributed by atoms with Gasteiger partial charge in [-0.15, -0.1) is 0 Å². The van der Waals surface area contributed by atoms with Crippen LogP contribution in [-0.2, 0) is 6.42 Å². The highest BCUT2D eigenvalue weighted by Crippen LogP contribution is 2.47. The lowest BCUT2D eigenvalue weighted by Crippen LogP contribution is -2.29. The zero-order chi connectivity index (χ0) is 16.6. The number of carbonyl (C=O) groups is 1. The minimum Gasteiger partial charge on any atom is -0.508 e. The Bertz CT molecular complexity index is 751. The van der Waals surface area contributed by atoms with E-state index in [0.717, 1.165) is 11.6 Å². The lowest BCUT2D eigenvalue weighted by molar-refractivity contribution is 0.0820. The van der Waals surface area contributed by atoms with Crippen molar-refractivity contribution < 1.29 is 29.6 Å². The van der Waals surface area contributed by atoms with Crippen molar-refractivity contribution in [2.75, 3.05) is 13.7 Å². The number of benzene rings is 2. The number of hydrogen-bond donors (Lipinski definition) is 3. The van der Waals surface area contributed by atoms with Gasteiger partial charge in [0.25, 0.3) is 0 Å². The van der Waals surface area contributed by atoms with Crippen LogP contribution in [0.2, 0.25) is 0 Å². The van der Waals surface area contributed by atoms with Crippen LogP contribution in [0.5, 0.6) is 28.7 Å². The van der Waals surface area contributed by atoms with Gasteiger partial charge in [-0.25, -0.2) is 0 Å². The van der Waals surface area contributed by atoms with Crippen LogP contribution in [-0.4, -0.2) is 34.8 Å². The molecule has 0 fully saturated rings. The molecule has 0 amide bonds. The van der Waals surface area contributed by atoms with Gasteiger partial charge in [0.05, 0.1) is 19.6 Å². The predicted molar refractivity (Wildman–Crippen MR) is 81.4 cm³/mol. The molecular formula is C17H16O6. The number of rotatable bonds is 3. The highest BCUT2D eigenvalue weighted by atomic mass is 16.5. The van der Waals surface area contributed by atoms with E-state index in [1.165, 1.54) is 7.11 Å². The number of phenols is 3. The SMILES string of the molecule is COc1c(O)cc(O)c2c1OC[C@@H](Cc1ccc(O)cc1)C2=O. The van der Waals surface area contributed by atoms with Crippen LogP contribution in [0.15, 0.2) is 30.3 Å². The largest absolute Gasteiger partial charge is 0.508 e. The Morgan fingerprint density at radius 2 is 1.87 bits per heavy atom. The smallest absolute Gasteiger partial charge is 0.204 e. The van der Waals surface area contributed by atoms with E-state index in [9.17, 15) is 20.1 Å². The van der Waals surface area contributed by atoms with Gasteiger partial charge in [0, 0.05) is 6.07 Å². The van der Waals surface area contributed by atoms with E-state index >= 15 is 0 Å². The minimum atomic E-state index is -0.466. The third-order valence-corrected chi connectivity index (χ3v) is 3.86. The van der Waals surface area contributed by atoms with Crippen molar-refractivity contribution >= 4 is 5.78 Å². The normalized spacial score (nSPS) is 16.6. The Morgan fingerprint density at radius 1 is 1.17 bits per heavy atom. The molecule has 6 heteroatoms. The molecule has 0 saturated carbocycles. The molecule has 3 N–H and O–H groups in total. The van der Waals surface area contributed by atoms with Crippen LogP contribution in [0.25, 0.3) is 0 Å². The summed E-state index contributed by atoms with van der Waals surface area (Å²) in [4.78, 5) is 12.7. The second kappa shape index (κ2) is 5.72. The van der Waals surface area contributed by atoms with Crippen molar-refractivity contribution in [1.82, 2.24) is 0 Å². The molecule has 2 aromatic carbocycles. The molecule has 0 unspecified atom stereocenters. The molecule has 120 valence electrons. The number of Topliss-reactive ketones (excluding diaryl/α,β-unsaturated/α-hetero) is 1. The first-order chi connectivity index (χ1) is 11.0. The maximum Gasteiger partial charge on any atom is 0.204 e. The molecule has 0 radical (unpaired) electrons. The van der Waals surface area contributed by atoms with Crippen LogP contribution in [0.4, 0.5) is 0 Å². The van der Waals surface area contributed by atoms with Crippen molar-refractivity contribution in [3.05, 3.63) is 41.5 Å². The van der Waals surface area contributed by atoms with Crippen molar-refractivity contribution in [2.24, 2.45) is 5.92 Å². The molecule has 3 rings (SSSR count). The second-order valence-corrected chi connectivity index (χ2v) is 5.39. The van der Waals surface area contributed by atoms with Gasteiger partial charge >= 0.3 is 0 Å². The molecular weight excluding hydrogens is 300 g/mol. The summed E-state index contributed by atoms with van der Waals surface area (Å²) in [6.07, 6.45) is 0.418. The average molecular weight is 316 g/mol. The number of aromatic hydroxyl groups is 3. The number of methoxy groups -OCH3 is 1. The summed E-state index contributed by atoms with van der Waals surface area (Å²) in [5.41, 5.74) is 0.896. The van der Waals surface area contributed by atoms with Crippen molar-refractivity contribution in [3.8, 4) is 28.7 Å². The minimum absolute atomic E-state index is 0.0229. The Kier molecular flexibility index (Phi) is 3.73. The van der Waals surface area contributed by atoms with Gasteiger partial charge in [-0.3, -0.25) is 4.79 Å². The van der Waals surface area contributed by atoms with Gasteiger partial charge in [0.15, 0.2) is 17.3 Å². The molecule has 23 heavy (non-hydrogen) atoms. The van der Waals surface area contributed by atoms with E-state index in [1.807, 2.05) is 0 Å². The quantitative estimate of drug-likeness (QED) is 0.803. The molecule has 1 heterocycles. The highest BCUT2D eigenvalue weighted by Gasteiger charge is 2.35. The fourth-order valence-corrected chi connectivity index (χ4v) is 2.72. The Hall–Kier alpha value is -2.89. The number of fused-ring (bicyclic) bond motifs is 1. The molecule has 1 atom stereocenters. The number of phenolic OH excluding ortho intramolecular Hbond substituents is 3. The molecule has 0 aromatic heterocycles. The first-order valence-corrected chi connectivity index (χ1v) is 7.09. The molecule has 0 bridgehead atoms. The summed E-state index contributed by atoms with van der Waals surface area (Å²) < 4.78 is 10.6. The molecule has 1 aliphatic heterocycles. The van der Waals surface area contributed by atoms with E-state index in [2.05, 4.69) is 0 Å². The maximum absolute atomic E-state index is 12.7. The summed E-state index contributed by atoms with van der Waals surface area (Å²) >= 11 is 0. The number of hydrogen-bond acceptors (Lipinski definition) is 6. The molecule has 2 aromatic rings. The number of ether oxygens (including phenoxy) is 2. The van der Waals surface area contributed by atoms with Gasteiger partial charge < -0.3 is 24.8 Å². The predicted octanol–water partition coefficient (Wildman–Crippen LogP) is 2.25. The van der Waals surface area contributed by atoms with Crippen molar-refractivity contribution in [1.29, 1.82) is 0 Å². The Morgan fingerprint density at radius 3 is 2.52 bits per heavy atom. The lowest BCUT2D eigenvalue weighted by atomic mass is 9.89. The third-order valence-electron chi connectivity index (χ3n) is 3.86. The molecule has 6 nitrogen and oxygen atoms in total. The standard InChI is InChI=1S/C17H16O6/c1-22-16-13(20)7-12(19)14-15(21)10(8-23-17(14)16)6-9-2-4-11(18)5-3-9/h2-5,7,10,18-20H,6,8H2,1H3/t10-/m1/s1. The van der Waals surface area contributed by atoms with Gasteiger partial charge in [0.1, 0.15) is 17.1 Å². The summed E-state index contributed by atoms with van der Waals surface area (Å²) in [5.74, 6) is -1.09. The lowest BCUT2D eigenvalue weighted by Gasteiger charge is -2.26. The molecule has 0 saturated heterocycles. The van der Waals surface area contributed by atoms with Gasteiger partial charge in [-0.2, -0.15) is 0 Å². The highest BCUT2D eigenvalue weighted by molar-refractivity contribution is 6.05. The summed E-state index contributed by atoms with van der Waals surface area (Å²) in [7, 11) is 1.35. The summed E-state index contributed by atoms with van der Waals surface area (Å²) in [5, 5.41) is 29.1. The molecule has 1 aliphatic rings. The van der Waals surface area contributed by atoms with Crippen molar-refractivity contribution in [3.63, 3.8) is 0 Å². The first-order valence-electron chi connectivity index (χ1n) is 7.09. The van der Waals surface area contributed by atoms with Crippen molar-refractivity contribution in [2.45, 2.75) is 6.42 Å². The third kappa shape index (κ3) is 2.63. The Labute approximate surface area is 132 Å². The van der Waals surface area contributed by atoms with Crippen LogP contribution >= 0.6 is 0 Å². The fourth-order valence-electron chi connectivity index (χ4n) is 2.72. The number of ketones is 1. The van der Waals surface area contributed by atoms with Gasteiger partial charge in [0.2, 0.25) is 5.75 Å². The van der Waals surface area contributed by atoms with E-state index in [4.69, 9.17) is 9.47 Å². The average Bonchev–Trinajstić information content (AvgIpc) is 2.52. The van der Waals surface area contributed by atoms with Crippen LogP contribution in [0.1, 0.15) is 15.9 Å². The fraction of sp³-hybridized carbons (Fsp3) is 0.235. The summed E-state index contributed by atoms with van der Waals surface area (Å²) in [6.45, 7) is 0.117. The molecule has 0 aliphatic carbocycles. The Balaban J connectivity index is 1.93. The maximum atomic E-state index is 12.7. The zero-order valence-electron chi connectivity index (χ0n) is 12.4. The van der Waals surface area contributed by atoms with Crippen LogP contribution in [0, 0.1) is 5.92 Å². The van der Waals surface area contributed by atoms with E-state index < -0.39 is 5.92 Å². The van der Waals surface area contributed by atoms with E-state index in [1.54, 1.807) is 24.3 Å². The van der Waals surface area contributed by atoms with Crippen LogP contribution < -0.4 is 9.47 Å². The zero-order valence-corrected chi connectivity index (χ0v) is 12.4. The van der Waals surface area contributed by atoms with E-state index in [0.29, 0.717) is 6.42 Å². The number of carbonyl (C=O) groups excluding carboxylic acids is 1. The summed E-state index contributed by atoms with van der Waals surface area (Å²) in [6, 6.07) is 7.64. The van der Waals surface area contributed by atoms with E-state index in [-0.39, 0.29) is 46.7 Å². The second-order valence-electron chi connectivity index (χ2n) is 5.39. The molecule has 0 spiro atoms. The van der Waals surface area contributed by atoms with Gasteiger partial charge in [-0.1, -0.05) is 12.1 Å².